The Hall–Kier alpha value is -0.940. The summed E-state index contributed by atoms with van der Waals surface area (Å²) in [5.41, 5.74) is -1.05. The third kappa shape index (κ3) is 0.773. The quantitative estimate of drug-likeness (QED) is 0.399. The number of cyclic esters (lactones) is 2. The number of carbonyl (C=O) groups is 2. The number of ether oxygens (including phenoxy) is 1. The number of fused-ring (bicyclic) bond motifs is 3. The molecule has 76 valence electrons. The van der Waals surface area contributed by atoms with Crippen LogP contribution >= 0.6 is 0 Å². The van der Waals surface area contributed by atoms with Crippen LogP contribution in [0, 0.1) is 5.92 Å². The monoisotopic (exact) mass is 197 g/mol. The average molecular weight is 197 g/mol. The third-order valence-corrected chi connectivity index (χ3v) is 3.39. The number of hydroxylamine groups is 2. The highest BCUT2D eigenvalue weighted by atomic mass is 16.7. The Morgan fingerprint density at radius 2 is 2.29 bits per heavy atom. The summed E-state index contributed by atoms with van der Waals surface area (Å²) in [5.74, 6) is -1.38. The molecule has 0 N–H and O–H groups in total. The second-order valence-corrected chi connectivity index (χ2v) is 4.23. The van der Waals surface area contributed by atoms with Gasteiger partial charge >= 0.3 is 11.9 Å². The Morgan fingerprint density at radius 3 is 3.07 bits per heavy atom. The van der Waals surface area contributed by atoms with Crippen molar-refractivity contribution < 1.29 is 19.2 Å². The maximum atomic E-state index is 11.5. The molecule has 5 heteroatoms. The van der Waals surface area contributed by atoms with Crippen LogP contribution < -0.4 is 0 Å². The summed E-state index contributed by atoms with van der Waals surface area (Å²) in [6, 6.07) is 0.0407. The van der Waals surface area contributed by atoms with Gasteiger partial charge in [-0.05, 0) is 19.8 Å². The van der Waals surface area contributed by atoms with Crippen molar-refractivity contribution in [2.45, 2.75) is 31.4 Å². The summed E-state index contributed by atoms with van der Waals surface area (Å²) in [6.07, 6.45) is 1.92. The maximum Gasteiger partial charge on any atom is 0.348 e. The summed E-state index contributed by atoms with van der Waals surface area (Å²) in [7, 11) is 0. The number of rotatable bonds is 0. The van der Waals surface area contributed by atoms with Crippen molar-refractivity contribution in [1.82, 2.24) is 5.06 Å². The molecule has 0 bridgehead atoms. The molecule has 5 nitrogen and oxygen atoms in total. The molecular weight excluding hydrogens is 186 g/mol. The lowest BCUT2D eigenvalue weighted by Crippen LogP contribution is -2.38. The van der Waals surface area contributed by atoms with Crippen LogP contribution in [0.25, 0.3) is 0 Å². The minimum Gasteiger partial charge on any atom is -0.391 e. The number of carbonyl (C=O) groups excluding carboxylic acids is 2. The summed E-state index contributed by atoms with van der Waals surface area (Å²) in [6.45, 7) is 2.44. The van der Waals surface area contributed by atoms with Crippen LogP contribution in [0.3, 0.4) is 0 Å². The second-order valence-electron chi connectivity index (χ2n) is 4.23. The van der Waals surface area contributed by atoms with E-state index < -0.39 is 23.5 Å². The minimum atomic E-state index is -1.05. The van der Waals surface area contributed by atoms with E-state index in [1.807, 2.05) is 0 Å². The molecule has 0 aliphatic carbocycles. The zero-order chi connectivity index (χ0) is 9.92. The molecule has 0 amide bonds. The third-order valence-electron chi connectivity index (χ3n) is 3.39. The van der Waals surface area contributed by atoms with E-state index in [1.165, 1.54) is 0 Å². The van der Waals surface area contributed by atoms with E-state index >= 15 is 0 Å². The first kappa shape index (κ1) is 8.38. The molecule has 0 saturated carbocycles. The lowest BCUT2D eigenvalue weighted by Gasteiger charge is -2.17. The first-order valence-corrected chi connectivity index (χ1v) is 4.85. The van der Waals surface area contributed by atoms with Gasteiger partial charge in [0, 0.05) is 6.54 Å². The maximum absolute atomic E-state index is 11.5. The number of hydrogen-bond donors (Lipinski definition) is 0. The highest BCUT2D eigenvalue weighted by molar-refractivity contribution is 6.01. The molecule has 14 heavy (non-hydrogen) atoms. The lowest BCUT2D eigenvalue weighted by molar-refractivity contribution is -0.203. The molecule has 0 unspecified atom stereocenters. The summed E-state index contributed by atoms with van der Waals surface area (Å²) < 4.78 is 4.61. The van der Waals surface area contributed by atoms with Gasteiger partial charge in [-0.3, -0.25) is 9.63 Å². The Balaban J connectivity index is 2.03. The zero-order valence-corrected chi connectivity index (χ0v) is 7.86. The van der Waals surface area contributed by atoms with E-state index in [1.54, 1.807) is 12.0 Å². The molecule has 3 saturated heterocycles. The Labute approximate surface area is 80.9 Å². The molecule has 3 atom stereocenters. The van der Waals surface area contributed by atoms with Crippen LogP contribution in [0.5, 0.6) is 0 Å². The molecule has 0 radical (unpaired) electrons. The fraction of sp³-hybridized carbons (Fsp3) is 0.778. The normalized spacial score (nSPS) is 46.6. The molecule has 0 aromatic heterocycles. The van der Waals surface area contributed by atoms with E-state index in [0.717, 1.165) is 19.4 Å². The van der Waals surface area contributed by atoms with Crippen LogP contribution in [0.2, 0.25) is 0 Å². The van der Waals surface area contributed by atoms with Crippen molar-refractivity contribution in [2.24, 2.45) is 5.92 Å². The number of nitrogens with zero attached hydrogens (tertiary/aromatic N) is 1. The molecule has 3 aliphatic heterocycles. The van der Waals surface area contributed by atoms with Gasteiger partial charge in [-0.15, -0.1) is 0 Å². The first-order chi connectivity index (χ1) is 6.63. The van der Waals surface area contributed by atoms with Crippen LogP contribution in [0.4, 0.5) is 0 Å². The van der Waals surface area contributed by atoms with Crippen molar-refractivity contribution in [3.63, 3.8) is 0 Å². The standard InChI is InChI=1S/C9H11NO4/c1-9-6(7(11)13-8(9)12)5-3-2-4-10(5)14-9/h5-6H,2-4H2,1H3/t5-,6-,9-/m1/s1. The Kier molecular flexibility index (Phi) is 1.41. The van der Waals surface area contributed by atoms with Gasteiger partial charge in [0.15, 0.2) is 5.60 Å². The predicted molar refractivity (Wildman–Crippen MR) is 43.8 cm³/mol. The zero-order valence-electron chi connectivity index (χ0n) is 7.86. The molecule has 0 aromatic carbocycles. The smallest absolute Gasteiger partial charge is 0.348 e. The van der Waals surface area contributed by atoms with E-state index in [4.69, 9.17) is 4.84 Å². The van der Waals surface area contributed by atoms with Gasteiger partial charge in [-0.25, -0.2) is 4.79 Å². The highest BCUT2D eigenvalue weighted by Crippen LogP contribution is 2.46. The van der Waals surface area contributed by atoms with Gasteiger partial charge in [0.05, 0.1) is 6.04 Å². The average Bonchev–Trinajstić information content (AvgIpc) is 2.65. The van der Waals surface area contributed by atoms with Gasteiger partial charge in [-0.2, -0.15) is 5.06 Å². The van der Waals surface area contributed by atoms with E-state index in [9.17, 15) is 9.59 Å². The van der Waals surface area contributed by atoms with Crippen molar-refractivity contribution in [3.05, 3.63) is 0 Å². The van der Waals surface area contributed by atoms with Gasteiger partial charge in [0.2, 0.25) is 0 Å². The van der Waals surface area contributed by atoms with Crippen molar-refractivity contribution in [1.29, 1.82) is 0 Å². The molecule has 3 fully saturated rings. The van der Waals surface area contributed by atoms with Crippen molar-refractivity contribution >= 4 is 11.9 Å². The summed E-state index contributed by atoms with van der Waals surface area (Å²) in [4.78, 5) is 28.4. The van der Waals surface area contributed by atoms with Gasteiger partial charge in [-0.1, -0.05) is 0 Å². The fourth-order valence-electron chi connectivity index (χ4n) is 2.68. The van der Waals surface area contributed by atoms with Crippen LogP contribution in [-0.4, -0.2) is 35.2 Å². The largest absolute Gasteiger partial charge is 0.391 e. The van der Waals surface area contributed by atoms with E-state index in [2.05, 4.69) is 4.74 Å². The molecule has 0 aromatic rings. The first-order valence-electron chi connectivity index (χ1n) is 4.85. The number of hydrogen-bond acceptors (Lipinski definition) is 5. The lowest BCUT2D eigenvalue weighted by atomic mass is 9.86. The molecule has 3 rings (SSSR count). The predicted octanol–water partition coefficient (Wildman–Crippen LogP) is -0.146. The van der Waals surface area contributed by atoms with Crippen molar-refractivity contribution in [3.8, 4) is 0 Å². The van der Waals surface area contributed by atoms with E-state index in [-0.39, 0.29) is 6.04 Å². The fourth-order valence-corrected chi connectivity index (χ4v) is 2.68. The molecule has 3 heterocycles. The highest BCUT2D eigenvalue weighted by Gasteiger charge is 2.66. The molecule has 3 aliphatic rings. The van der Waals surface area contributed by atoms with Gasteiger partial charge < -0.3 is 4.74 Å². The van der Waals surface area contributed by atoms with E-state index in [0.29, 0.717) is 0 Å². The Morgan fingerprint density at radius 1 is 1.50 bits per heavy atom. The summed E-state index contributed by atoms with van der Waals surface area (Å²) >= 11 is 0. The topological polar surface area (TPSA) is 55.8 Å². The SMILES string of the molecule is C[C@@]12ON3CCC[C@@H]3[C@@H]1C(=O)OC2=O. The Bertz CT molecular complexity index is 329. The van der Waals surface area contributed by atoms with Gasteiger partial charge in [0.25, 0.3) is 0 Å². The van der Waals surface area contributed by atoms with Crippen LogP contribution in [0.15, 0.2) is 0 Å². The van der Waals surface area contributed by atoms with Crippen LogP contribution in [-0.2, 0) is 19.2 Å². The molecule has 0 spiro atoms. The van der Waals surface area contributed by atoms with Crippen molar-refractivity contribution in [2.75, 3.05) is 6.54 Å². The minimum absolute atomic E-state index is 0.0407. The van der Waals surface area contributed by atoms with Gasteiger partial charge in [0.1, 0.15) is 5.92 Å². The second kappa shape index (κ2) is 2.35. The number of esters is 2. The summed E-state index contributed by atoms with van der Waals surface area (Å²) in [5, 5.41) is 1.77. The molecular formula is C9H11NO4. The van der Waals surface area contributed by atoms with Crippen LogP contribution in [0.1, 0.15) is 19.8 Å².